The van der Waals surface area contributed by atoms with E-state index in [2.05, 4.69) is 0 Å². The molecule has 0 saturated heterocycles. The zero-order valence-corrected chi connectivity index (χ0v) is 6.70. The van der Waals surface area contributed by atoms with E-state index in [9.17, 15) is 8.78 Å². The molecule has 0 aliphatic carbocycles. The maximum absolute atomic E-state index is 12.6. The Labute approximate surface area is 67.8 Å². The molecule has 0 unspecified atom stereocenters. The molecule has 0 fully saturated rings. The van der Waals surface area contributed by atoms with E-state index in [0.29, 0.717) is 5.56 Å². The fourth-order valence-corrected chi connectivity index (χ4v) is 1.43. The Balaban J connectivity index is 2.56. The Bertz CT molecular complexity index is 208. The fourth-order valence-electron chi connectivity index (χ4n) is 0.764. The number of alkyl halides is 2. The van der Waals surface area contributed by atoms with Crippen molar-refractivity contribution >= 4 is 11.3 Å². The van der Waals surface area contributed by atoms with Crippen molar-refractivity contribution in [3.05, 3.63) is 22.4 Å². The first kappa shape index (κ1) is 8.62. The van der Waals surface area contributed by atoms with E-state index < -0.39 is 12.5 Å². The van der Waals surface area contributed by atoms with Crippen molar-refractivity contribution in [2.45, 2.75) is 12.3 Å². The van der Waals surface area contributed by atoms with Gasteiger partial charge in [0.2, 0.25) is 0 Å². The van der Waals surface area contributed by atoms with Gasteiger partial charge in [0.1, 0.15) is 0 Å². The Morgan fingerprint density at radius 3 is 2.73 bits per heavy atom. The van der Waals surface area contributed by atoms with E-state index in [1.807, 2.05) is 0 Å². The van der Waals surface area contributed by atoms with Crippen molar-refractivity contribution < 1.29 is 8.78 Å². The van der Waals surface area contributed by atoms with Gasteiger partial charge in [0, 0.05) is 6.42 Å². The van der Waals surface area contributed by atoms with Crippen molar-refractivity contribution in [2.75, 3.05) is 6.54 Å². The summed E-state index contributed by atoms with van der Waals surface area (Å²) >= 11 is 1.42. The molecule has 0 amide bonds. The molecule has 0 atom stereocenters. The summed E-state index contributed by atoms with van der Waals surface area (Å²) in [7, 11) is 0. The van der Waals surface area contributed by atoms with Crippen molar-refractivity contribution in [2.24, 2.45) is 5.73 Å². The van der Waals surface area contributed by atoms with E-state index in [0.717, 1.165) is 0 Å². The van der Waals surface area contributed by atoms with Gasteiger partial charge in [0.15, 0.2) is 0 Å². The summed E-state index contributed by atoms with van der Waals surface area (Å²) in [5.74, 6) is -2.75. The van der Waals surface area contributed by atoms with Gasteiger partial charge < -0.3 is 5.73 Å². The monoisotopic (exact) mass is 177 g/mol. The molecule has 1 nitrogen and oxygen atoms in total. The van der Waals surface area contributed by atoms with Crippen molar-refractivity contribution in [3.8, 4) is 0 Å². The molecule has 2 N–H and O–H groups in total. The molecule has 0 radical (unpaired) electrons. The third-order valence-electron chi connectivity index (χ3n) is 1.34. The van der Waals surface area contributed by atoms with Gasteiger partial charge in [0.25, 0.3) is 5.92 Å². The molecule has 11 heavy (non-hydrogen) atoms. The molecule has 0 aromatic carbocycles. The highest BCUT2D eigenvalue weighted by Gasteiger charge is 2.26. The number of nitrogens with two attached hydrogens (primary N) is 1. The molecule has 1 heterocycles. The van der Waals surface area contributed by atoms with Crippen LogP contribution in [0.2, 0.25) is 0 Å². The molecule has 1 rings (SSSR count). The van der Waals surface area contributed by atoms with Crippen LogP contribution in [-0.2, 0) is 6.42 Å². The van der Waals surface area contributed by atoms with Crippen molar-refractivity contribution in [1.29, 1.82) is 0 Å². The lowest BCUT2D eigenvalue weighted by molar-refractivity contribution is 0.0116. The molecule has 1 aromatic rings. The lowest BCUT2D eigenvalue weighted by Gasteiger charge is -2.11. The van der Waals surface area contributed by atoms with E-state index in [1.54, 1.807) is 16.8 Å². The molecule has 0 saturated carbocycles. The molecule has 4 heteroatoms. The van der Waals surface area contributed by atoms with Crippen LogP contribution in [0.4, 0.5) is 8.78 Å². The van der Waals surface area contributed by atoms with Gasteiger partial charge in [-0.2, -0.15) is 11.3 Å². The van der Waals surface area contributed by atoms with Gasteiger partial charge in [-0.25, -0.2) is 8.78 Å². The highest BCUT2D eigenvalue weighted by atomic mass is 32.1. The zero-order chi connectivity index (χ0) is 8.32. The van der Waals surface area contributed by atoms with Gasteiger partial charge in [-0.15, -0.1) is 0 Å². The Morgan fingerprint density at radius 1 is 1.55 bits per heavy atom. The molecule has 0 aliphatic rings. The van der Waals surface area contributed by atoms with Crippen LogP contribution < -0.4 is 5.73 Å². The molecule has 0 aliphatic heterocycles. The SMILES string of the molecule is NCC(F)(F)Cc1ccsc1. The minimum Gasteiger partial charge on any atom is -0.325 e. The second kappa shape index (κ2) is 3.28. The summed E-state index contributed by atoms with van der Waals surface area (Å²) in [5.41, 5.74) is 5.53. The van der Waals surface area contributed by atoms with E-state index in [4.69, 9.17) is 5.73 Å². The first-order chi connectivity index (χ1) is 5.14. The summed E-state index contributed by atoms with van der Waals surface area (Å²) in [6.45, 7) is -0.581. The van der Waals surface area contributed by atoms with Gasteiger partial charge in [0.05, 0.1) is 6.54 Å². The van der Waals surface area contributed by atoms with Crippen LogP contribution in [0.3, 0.4) is 0 Å². The molecule has 0 bridgehead atoms. The number of halogens is 2. The van der Waals surface area contributed by atoms with Crippen LogP contribution in [0.15, 0.2) is 16.8 Å². The standard InChI is InChI=1S/C7H9F2NS/c8-7(9,5-10)3-6-1-2-11-4-6/h1-2,4H,3,5,10H2. The lowest BCUT2D eigenvalue weighted by atomic mass is 10.1. The topological polar surface area (TPSA) is 26.0 Å². The number of hydrogen-bond acceptors (Lipinski definition) is 2. The summed E-state index contributed by atoms with van der Waals surface area (Å²) in [6.07, 6.45) is -0.243. The van der Waals surface area contributed by atoms with Gasteiger partial charge in [-0.1, -0.05) is 0 Å². The highest BCUT2D eigenvalue weighted by Crippen LogP contribution is 2.19. The van der Waals surface area contributed by atoms with Crippen molar-refractivity contribution in [1.82, 2.24) is 0 Å². The summed E-state index contributed by atoms with van der Waals surface area (Å²) in [6, 6.07) is 1.69. The average Bonchev–Trinajstić information content (AvgIpc) is 2.39. The van der Waals surface area contributed by atoms with Crippen LogP contribution in [0.25, 0.3) is 0 Å². The summed E-state index contributed by atoms with van der Waals surface area (Å²) in [4.78, 5) is 0. The van der Waals surface area contributed by atoms with E-state index >= 15 is 0 Å². The van der Waals surface area contributed by atoms with Crippen LogP contribution in [0.5, 0.6) is 0 Å². The minimum absolute atomic E-state index is 0.243. The third-order valence-corrected chi connectivity index (χ3v) is 2.07. The van der Waals surface area contributed by atoms with Crippen LogP contribution in [0.1, 0.15) is 5.56 Å². The first-order valence-electron chi connectivity index (χ1n) is 3.23. The molecule has 62 valence electrons. The average molecular weight is 177 g/mol. The Kier molecular flexibility index (Phi) is 2.57. The Morgan fingerprint density at radius 2 is 2.27 bits per heavy atom. The van der Waals surface area contributed by atoms with Crippen LogP contribution in [0, 0.1) is 0 Å². The van der Waals surface area contributed by atoms with Gasteiger partial charge in [-0.3, -0.25) is 0 Å². The maximum Gasteiger partial charge on any atom is 0.264 e. The number of rotatable bonds is 3. The number of hydrogen-bond donors (Lipinski definition) is 1. The predicted molar refractivity (Wildman–Crippen MR) is 42.0 cm³/mol. The molecular weight excluding hydrogens is 168 g/mol. The van der Waals surface area contributed by atoms with E-state index in [-0.39, 0.29) is 6.42 Å². The van der Waals surface area contributed by atoms with Crippen LogP contribution in [-0.4, -0.2) is 12.5 Å². The maximum atomic E-state index is 12.6. The first-order valence-corrected chi connectivity index (χ1v) is 4.17. The quantitative estimate of drug-likeness (QED) is 0.749. The second-order valence-electron chi connectivity index (χ2n) is 2.37. The molecule has 1 aromatic heterocycles. The highest BCUT2D eigenvalue weighted by molar-refractivity contribution is 7.07. The van der Waals surface area contributed by atoms with E-state index in [1.165, 1.54) is 11.3 Å². The van der Waals surface area contributed by atoms with Gasteiger partial charge in [-0.05, 0) is 22.4 Å². The summed E-state index contributed by atoms with van der Waals surface area (Å²) in [5, 5.41) is 3.49. The summed E-state index contributed by atoms with van der Waals surface area (Å²) < 4.78 is 25.2. The molecular formula is C7H9F2NS. The fraction of sp³-hybridized carbons (Fsp3) is 0.429. The lowest BCUT2D eigenvalue weighted by Crippen LogP contribution is -2.29. The minimum atomic E-state index is -2.75. The second-order valence-corrected chi connectivity index (χ2v) is 3.15. The normalized spacial score (nSPS) is 11.9. The predicted octanol–water partition coefficient (Wildman–Crippen LogP) is 1.88. The Hall–Kier alpha value is -0.480. The van der Waals surface area contributed by atoms with Crippen molar-refractivity contribution in [3.63, 3.8) is 0 Å². The van der Waals surface area contributed by atoms with Gasteiger partial charge >= 0.3 is 0 Å². The zero-order valence-electron chi connectivity index (χ0n) is 5.89. The largest absolute Gasteiger partial charge is 0.325 e. The number of thiophene rings is 1. The smallest absolute Gasteiger partial charge is 0.264 e. The van der Waals surface area contributed by atoms with Crippen LogP contribution >= 0.6 is 11.3 Å². The third kappa shape index (κ3) is 2.55. The molecule has 0 spiro atoms.